The lowest BCUT2D eigenvalue weighted by Gasteiger charge is -2.08. The Morgan fingerprint density at radius 1 is 1.03 bits per heavy atom. The predicted molar refractivity (Wildman–Crippen MR) is 109 cm³/mol. The minimum Gasteiger partial charge on any atom is -0.493 e. The fourth-order valence-electron chi connectivity index (χ4n) is 2.54. The Kier molecular flexibility index (Phi) is 6.19. The summed E-state index contributed by atoms with van der Waals surface area (Å²) in [6.45, 7) is 0.0104. The quantitative estimate of drug-likeness (QED) is 0.526. The van der Waals surface area contributed by atoms with Crippen molar-refractivity contribution >= 4 is 27.1 Å². The fourth-order valence-corrected chi connectivity index (χ4v) is 3.97. The second-order valence-corrected chi connectivity index (χ2v) is 8.96. The first-order chi connectivity index (χ1) is 13.8. The second kappa shape index (κ2) is 8.62. The highest BCUT2D eigenvalue weighted by molar-refractivity contribution is 7.90. The molecular formula is C20H19NO6S2. The molecule has 0 aliphatic rings. The molecule has 0 aliphatic heterocycles. The van der Waals surface area contributed by atoms with Crippen LogP contribution in [0.4, 0.5) is 0 Å². The van der Waals surface area contributed by atoms with Gasteiger partial charge in [0.15, 0.2) is 21.3 Å². The van der Waals surface area contributed by atoms with Crippen LogP contribution < -0.4 is 9.47 Å². The smallest absolute Gasteiger partial charge is 0.338 e. The molecule has 0 fully saturated rings. The SMILES string of the molecule is COc1ccc(-c2nc(COC(=O)c3ccc(S(C)(=O)=O)cc3)cs2)cc1OC. The van der Waals surface area contributed by atoms with Crippen LogP contribution in [0, 0.1) is 0 Å². The summed E-state index contributed by atoms with van der Waals surface area (Å²) in [7, 11) is -0.173. The molecule has 152 valence electrons. The largest absolute Gasteiger partial charge is 0.493 e. The van der Waals surface area contributed by atoms with E-state index in [0.29, 0.717) is 17.2 Å². The van der Waals surface area contributed by atoms with Gasteiger partial charge in [0.05, 0.1) is 30.4 Å². The number of esters is 1. The van der Waals surface area contributed by atoms with E-state index in [9.17, 15) is 13.2 Å². The summed E-state index contributed by atoms with van der Waals surface area (Å²) in [6.07, 6.45) is 1.11. The van der Waals surface area contributed by atoms with Gasteiger partial charge < -0.3 is 14.2 Å². The van der Waals surface area contributed by atoms with E-state index >= 15 is 0 Å². The van der Waals surface area contributed by atoms with Crippen molar-refractivity contribution in [1.29, 1.82) is 0 Å². The Bertz CT molecular complexity index is 1120. The first-order valence-corrected chi connectivity index (χ1v) is 11.2. The van der Waals surface area contributed by atoms with Crippen molar-refractivity contribution in [1.82, 2.24) is 4.98 Å². The molecule has 0 bridgehead atoms. The van der Waals surface area contributed by atoms with Crippen LogP contribution in [0.15, 0.2) is 52.7 Å². The van der Waals surface area contributed by atoms with Gasteiger partial charge in [-0.25, -0.2) is 18.2 Å². The summed E-state index contributed by atoms with van der Waals surface area (Å²) in [5, 5.41) is 2.57. The minimum atomic E-state index is -3.31. The summed E-state index contributed by atoms with van der Waals surface area (Å²) in [4.78, 5) is 16.8. The van der Waals surface area contributed by atoms with Crippen molar-refractivity contribution in [2.75, 3.05) is 20.5 Å². The van der Waals surface area contributed by atoms with Gasteiger partial charge in [-0.1, -0.05) is 0 Å². The lowest BCUT2D eigenvalue weighted by molar-refractivity contribution is 0.0468. The summed E-state index contributed by atoms with van der Waals surface area (Å²) in [6, 6.07) is 11.1. The van der Waals surface area contributed by atoms with Crippen molar-refractivity contribution in [3.63, 3.8) is 0 Å². The summed E-state index contributed by atoms with van der Waals surface area (Å²) < 4.78 is 38.8. The molecule has 3 rings (SSSR count). The first kappa shape index (κ1) is 20.8. The molecule has 0 unspecified atom stereocenters. The van der Waals surface area contributed by atoms with Crippen molar-refractivity contribution in [2.45, 2.75) is 11.5 Å². The topological polar surface area (TPSA) is 91.8 Å². The summed E-state index contributed by atoms with van der Waals surface area (Å²) in [5.41, 5.74) is 1.75. The summed E-state index contributed by atoms with van der Waals surface area (Å²) in [5.74, 6) is 0.681. The van der Waals surface area contributed by atoms with Gasteiger partial charge >= 0.3 is 5.97 Å². The lowest BCUT2D eigenvalue weighted by Crippen LogP contribution is -2.06. The van der Waals surface area contributed by atoms with Crippen LogP contribution in [0.1, 0.15) is 16.1 Å². The highest BCUT2D eigenvalue weighted by Gasteiger charge is 2.13. The molecule has 2 aromatic carbocycles. The average molecular weight is 434 g/mol. The lowest BCUT2D eigenvalue weighted by atomic mass is 10.2. The van der Waals surface area contributed by atoms with E-state index in [0.717, 1.165) is 16.8 Å². The van der Waals surface area contributed by atoms with Crippen LogP contribution in [0.25, 0.3) is 10.6 Å². The predicted octanol–water partition coefficient (Wildman–Crippen LogP) is 3.59. The molecule has 3 aromatic rings. The number of methoxy groups -OCH3 is 2. The zero-order valence-electron chi connectivity index (χ0n) is 16.0. The maximum absolute atomic E-state index is 12.2. The number of sulfone groups is 1. The number of rotatable bonds is 7. The molecule has 0 amide bonds. The molecule has 0 N–H and O–H groups in total. The number of aromatic nitrogens is 1. The van der Waals surface area contributed by atoms with Gasteiger partial charge in [-0.15, -0.1) is 11.3 Å². The molecule has 0 spiro atoms. The zero-order valence-corrected chi connectivity index (χ0v) is 17.7. The number of hydrogen-bond donors (Lipinski definition) is 0. The molecule has 1 heterocycles. The second-order valence-electron chi connectivity index (χ2n) is 6.09. The third-order valence-electron chi connectivity index (χ3n) is 4.05. The molecule has 0 saturated carbocycles. The normalized spacial score (nSPS) is 11.1. The third kappa shape index (κ3) is 4.93. The Hall–Kier alpha value is -2.91. The molecule has 1 aromatic heterocycles. The standard InChI is InChI=1S/C20H19NO6S2/c1-25-17-9-6-14(10-18(17)26-2)19-21-15(12-28-19)11-27-20(22)13-4-7-16(8-5-13)29(3,23)24/h4-10,12H,11H2,1-3H3. The van der Waals surface area contributed by atoms with Crippen LogP contribution in [-0.4, -0.2) is 39.8 Å². The van der Waals surface area contributed by atoms with E-state index in [4.69, 9.17) is 14.2 Å². The number of carbonyl (C=O) groups excluding carboxylic acids is 1. The molecule has 29 heavy (non-hydrogen) atoms. The number of ether oxygens (including phenoxy) is 3. The third-order valence-corrected chi connectivity index (χ3v) is 6.12. The number of nitrogens with zero attached hydrogens (tertiary/aromatic N) is 1. The van der Waals surface area contributed by atoms with Gasteiger partial charge in [-0.3, -0.25) is 0 Å². The molecule has 0 aliphatic carbocycles. The van der Waals surface area contributed by atoms with Crippen LogP contribution >= 0.6 is 11.3 Å². The number of thiazole rings is 1. The zero-order chi connectivity index (χ0) is 21.0. The Balaban J connectivity index is 1.67. The van der Waals surface area contributed by atoms with Gasteiger partial charge in [0, 0.05) is 17.2 Å². The number of hydrogen-bond acceptors (Lipinski definition) is 8. The van der Waals surface area contributed by atoms with E-state index in [1.165, 1.54) is 35.6 Å². The average Bonchev–Trinajstić information content (AvgIpc) is 3.20. The van der Waals surface area contributed by atoms with Crippen LogP contribution in [0.3, 0.4) is 0 Å². The van der Waals surface area contributed by atoms with E-state index in [-0.39, 0.29) is 17.1 Å². The molecule has 0 saturated heterocycles. The van der Waals surface area contributed by atoms with Gasteiger partial charge in [0.1, 0.15) is 11.6 Å². The maximum Gasteiger partial charge on any atom is 0.338 e. The van der Waals surface area contributed by atoms with Crippen molar-refractivity contribution in [2.24, 2.45) is 0 Å². The number of benzene rings is 2. The van der Waals surface area contributed by atoms with Crippen LogP contribution in [0.5, 0.6) is 11.5 Å². The van der Waals surface area contributed by atoms with Gasteiger partial charge in [0.25, 0.3) is 0 Å². The maximum atomic E-state index is 12.2. The fraction of sp³-hybridized carbons (Fsp3) is 0.200. The number of carbonyl (C=O) groups is 1. The van der Waals surface area contributed by atoms with Crippen molar-refractivity contribution < 1.29 is 27.4 Å². The Morgan fingerprint density at radius 3 is 2.34 bits per heavy atom. The summed E-state index contributed by atoms with van der Waals surface area (Å²) >= 11 is 1.42. The van der Waals surface area contributed by atoms with E-state index < -0.39 is 15.8 Å². The molecule has 0 atom stereocenters. The van der Waals surface area contributed by atoms with Crippen molar-refractivity contribution in [3.8, 4) is 22.1 Å². The molecular weight excluding hydrogens is 414 g/mol. The highest BCUT2D eigenvalue weighted by atomic mass is 32.2. The Labute approximate surface area is 172 Å². The van der Waals surface area contributed by atoms with E-state index in [1.807, 2.05) is 17.5 Å². The van der Waals surface area contributed by atoms with Gasteiger partial charge in [0.2, 0.25) is 0 Å². The van der Waals surface area contributed by atoms with Crippen LogP contribution in [-0.2, 0) is 21.2 Å². The molecule has 7 nitrogen and oxygen atoms in total. The molecule has 0 radical (unpaired) electrons. The molecule has 9 heteroatoms. The minimum absolute atomic E-state index is 0.0104. The highest BCUT2D eigenvalue weighted by Crippen LogP contribution is 2.33. The monoisotopic (exact) mass is 433 g/mol. The Morgan fingerprint density at radius 2 is 1.72 bits per heavy atom. The van der Waals surface area contributed by atoms with E-state index in [2.05, 4.69) is 4.98 Å². The van der Waals surface area contributed by atoms with Crippen LogP contribution in [0.2, 0.25) is 0 Å². The first-order valence-electron chi connectivity index (χ1n) is 8.46. The van der Waals surface area contributed by atoms with Gasteiger partial charge in [-0.2, -0.15) is 0 Å². The van der Waals surface area contributed by atoms with Crippen molar-refractivity contribution in [3.05, 3.63) is 59.1 Å². The van der Waals surface area contributed by atoms with Gasteiger partial charge in [-0.05, 0) is 42.5 Å². The van der Waals surface area contributed by atoms with E-state index in [1.54, 1.807) is 20.3 Å².